The summed E-state index contributed by atoms with van der Waals surface area (Å²) in [5.41, 5.74) is 3.15. The lowest BCUT2D eigenvalue weighted by Gasteiger charge is -2.07. The number of carbonyl (C=O) groups is 1. The summed E-state index contributed by atoms with van der Waals surface area (Å²) in [4.78, 5) is 11.7. The van der Waals surface area contributed by atoms with Crippen molar-refractivity contribution in [2.45, 2.75) is 0 Å². The lowest BCUT2D eigenvalue weighted by molar-refractivity contribution is -0.123. The first-order chi connectivity index (χ1) is 11.0. The molecule has 120 valence electrons. The zero-order valence-electron chi connectivity index (χ0n) is 11.6. The molecule has 0 aromatic heterocycles. The minimum absolute atomic E-state index is 0.148. The fourth-order valence-corrected chi connectivity index (χ4v) is 3.25. The smallest absolute Gasteiger partial charge is 0.277 e. The van der Waals surface area contributed by atoms with Gasteiger partial charge in [-0.05, 0) is 80.5 Å². The number of nitrogens with one attached hydrogen (secondary N) is 1. The van der Waals surface area contributed by atoms with Crippen molar-refractivity contribution in [1.29, 1.82) is 0 Å². The van der Waals surface area contributed by atoms with Gasteiger partial charge in [0.15, 0.2) is 6.61 Å². The number of nitrogens with zero attached hydrogens (tertiary/aromatic N) is 1. The number of hydrogen-bond donors (Lipinski definition) is 2. The van der Waals surface area contributed by atoms with Crippen molar-refractivity contribution in [2.24, 2.45) is 5.10 Å². The highest BCUT2D eigenvalue weighted by Crippen LogP contribution is 2.28. The maximum Gasteiger partial charge on any atom is 0.277 e. The minimum atomic E-state index is -0.371. The molecule has 2 rings (SSSR count). The van der Waals surface area contributed by atoms with Crippen LogP contribution in [0.3, 0.4) is 0 Å². The van der Waals surface area contributed by atoms with Crippen LogP contribution in [0.4, 0.5) is 0 Å². The largest absolute Gasteiger partial charge is 0.507 e. The van der Waals surface area contributed by atoms with Gasteiger partial charge in [0, 0.05) is 4.47 Å². The first-order valence-corrected chi connectivity index (χ1v) is 9.00. The predicted molar refractivity (Wildman–Crippen MR) is 104 cm³/mol. The Morgan fingerprint density at radius 2 is 2.09 bits per heavy atom. The lowest BCUT2D eigenvalue weighted by atomic mass is 10.2. The predicted octanol–water partition coefficient (Wildman–Crippen LogP) is 4.05. The third-order valence-electron chi connectivity index (χ3n) is 2.63. The van der Waals surface area contributed by atoms with Crippen molar-refractivity contribution < 1.29 is 14.6 Å². The molecule has 0 radical (unpaired) electrons. The van der Waals surface area contributed by atoms with Crippen molar-refractivity contribution in [3.63, 3.8) is 0 Å². The molecule has 0 saturated heterocycles. The van der Waals surface area contributed by atoms with Crippen LogP contribution < -0.4 is 10.2 Å². The quantitative estimate of drug-likeness (QED) is 0.333. The number of phenolic OH excluding ortho intramolecular Hbond substituents is 1. The number of rotatable bonds is 5. The average molecular weight is 554 g/mol. The first kappa shape index (κ1) is 18.2. The Morgan fingerprint density at radius 1 is 1.30 bits per heavy atom. The molecule has 23 heavy (non-hydrogen) atoms. The Labute approximate surface area is 163 Å². The van der Waals surface area contributed by atoms with Crippen molar-refractivity contribution >= 4 is 66.6 Å². The molecule has 0 aliphatic rings. The number of amides is 1. The number of ether oxygens (including phenoxy) is 1. The zero-order valence-corrected chi connectivity index (χ0v) is 16.9. The summed E-state index contributed by atoms with van der Waals surface area (Å²) in [6.07, 6.45) is 1.50. The van der Waals surface area contributed by atoms with Gasteiger partial charge in [-0.25, -0.2) is 5.43 Å². The van der Waals surface area contributed by atoms with E-state index in [0.717, 1.165) is 14.5 Å². The molecular formula is C15H11Br2IN2O3. The molecule has 0 unspecified atom stereocenters. The number of halogens is 3. The summed E-state index contributed by atoms with van der Waals surface area (Å²) in [5, 5.41) is 13.3. The molecule has 2 N–H and O–H groups in total. The summed E-state index contributed by atoms with van der Waals surface area (Å²) >= 11 is 8.71. The fraction of sp³-hybridized carbons (Fsp3) is 0.0667. The van der Waals surface area contributed by atoms with E-state index in [-0.39, 0.29) is 18.3 Å². The first-order valence-electron chi connectivity index (χ1n) is 6.34. The molecule has 2 aromatic carbocycles. The summed E-state index contributed by atoms with van der Waals surface area (Å²) in [5.74, 6) is 0.408. The Bertz CT molecular complexity index is 753. The van der Waals surface area contributed by atoms with Gasteiger partial charge in [0.05, 0.1) is 14.3 Å². The fourth-order valence-electron chi connectivity index (χ4n) is 1.55. The monoisotopic (exact) mass is 552 g/mol. The average Bonchev–Trinajstić information content (AvgIpc) is 2.50. The van der Waals surface area contributed by atoms with Gasteiger partial charge in [0.2, 0.25) is 0 Å². The van der Waals surface area contributed by atoms with Crippen LogP contribution in [-0.2, 0) is 4.79 Å². The van der Waals surface area contributed by atoms with Gasteiger partial charge < -0.3 is 9.84 Å². The number of phenols is 1. The second-order valence-corrected chi connectivity index (χ2v) is 7.30. The van der Waals surface area contributed by atoms with Crippen LogP contribution in [0.5, 0.6) is 11.5 Å². The van der Waals surface area contributed by atoms with E-state index in [1.807, 2.05) is 34.7 Å². The van der Waals surface area contributed by atoms with Gasteiger partial charge in [-0.3, -0.25) is 4.79 Å². The molecule has 8 heteroatoms. The molecule has 2 aromatic rings. The van der Waals surface area contributed by atoms with Gasteiger partial charge >= 0.3 is 0 Å². The Balaban J connectivity index is 1.85. The molecule has 0 spiro atoms. The molecule has 0 aliphatic heterocycles. The van der Waals surface area contributed by atoms with Crippen LogP contribution in [-0.4, -0.2) is 23.8 Å². The van der Waals surface area contributed by atoms with E-state index in [1.54, 1.807) is 24.3 Å². The number of aromatic hydroxyl groups is 1. The Morgan fingerprint density at radius 3 is 2.78 bits per heavy atom. The maximum absolute atomic E-state index is 11.7. The van der Waals surface area contributed by atoms with Crippen molar-refractivity contribution in [3.05, 3.63) is 54.5 Å². The van der Waals surface area contributed by atoms with Gasteiger partial charge in [0.1, 0.15) is 11.5 Å². The van der Waals surface area contributed by atoms with Crippen LogP contribution in [0.1, 0.15) is 5.56 Å². The second-order valence-electron chi connectivity index (χ2n) is 4.37. The standard InChI is InChI=1S/C15H11Br2IN2O3/c16-10-2-4-14(11(17)6-10)23-8-15(22)20-19-7-9-1-3-13(21)12(18)5-9/h1-7,21H,8H2,(H,20,22)/b19-7+. The normalized spacial score (nSPS) is 10.7. The van der Waals surface area contributed by atoms with Crippen LogP contribution in [0.25, 0.3) is 0 Å². The van der Waals surface area contributed by atoms with Gasteiger partial charge in [-0.15, -0.1) is 0 Å². The summed E-state index contributed by atoms with van der Waals surface area (Å²) in [6, 6.07) is 10.4. The highest BCUT2D eigenvalue weighted by molar-refractivity contribution is 14.1. The van der Waals surface area contributed by atoms with Gasteiger partial charge in [-0.1, -0.05) is 15.9 Å². The summed E-state index contributed by atoms with van der Waals surface area (Å²) in [6.45, 7) is -0.148. The van der Waals surface area contributed by atoms with Crippen LogP contribution in [0.15, 0.2) is 50.4 Å². The Hall–Kier alpha value is -1.13. The van der Waals surface area contributed by atoms with Crippen molar-refractivity contribution in [3.8, 4) is 11.5 Å². The topological polar surface area (TPSA) is 70.9 Å². The van der Waals surface area contributed by atoms with Gasteiger partial charge in [-0.2, -0.15) is 5.10 Å². The highest BCUT2D eigenvalue weighted by atomic mass is 127. The molecule has 0 saturated carbocycles. The molecule has 0 heterocycles. The van der Waals surface area contributed by atoms with Crippen molar-refractivity contribution in [1.82, 2.24) is 5.43 Å². The third-order valence-corrected chi connectivity index (χ3v) is 4.60. The third kappa shape index (κ3) is 5.78. The number of hydrazone groups is 1. The molecule has 1 amide bonds. The van der Waals surface area contributed by atoms with E-state index in [2.05, 4.69) is 42.4 Å². The maximum atomic E-state index is 11.7. The van der Waals surface area contributed by atoms with Crippen LogP contribution in [0, 0.1) is 3.57 Å². The molecule has 0 aliphatic carbocycles. The van der Waals surface area contributed by atoms with Crippen LogP contribution in [0.2, 0.25) is 0 Å². The van der Waals surface area contributed by atoms with E-state index in [1.165, 1.54) is 6.21 Å². The van der Waals surface area contributed by atoms with E-state index in [4.69, 9.17) is 4.74 Å². The van der Waals surface area contributed by atoms with Gasteiger partial charge in [0.25, 0.3) is 5.91 Å². The molecule has 5 nitrogen and oxygen atoms in total. The van der Waals surface area contributed by atoms with E-state index < -0.39 is 0 Å². The number of benzene rings is 2. The zero-order chi connectivity index (χ0) is 16.8. The van der Waals surface area contributed by atoms with Crippen molar-refractivity contribution in [2.75, 3.05) is 6.61 Å². The second kappa shape index (κ2) is 8.65. The summed E-state index contributed by atoms with van der Waals surface area (Å²) in [7, 11) is 0. The SMILES string of the molecule is O=C(COc1ccc(Br)cc1Br)N/N=C/c1ccc(O)c(I)c1. The molecule has 0 bridgehead atoms. The molecule has 0 atom stereocenters. The van der Waals surface area contributed by atoms with Crippen LogP contribution >= 0.6 is 54.5 Å². The Kier molecular flexibility index (Phi) is 6.85. The highest BCUT2D eigenvalue weighted by Gasteiger charge is 2.05. The molecular weight excluding hydrogens is 543 g/mol. The van der Waals surface area contributed by atoms with E-state index in [0.29, 0.717) is 9.32 Å². The minimum Gasteiger partial charge on any atom is -0.507 e. The lowest BCUT2D eigenvalue weighted by Crippen LogP contribution is -2.24. The number of hydrogen-bond acceptors (Lipinski definition) is 4. The number of carbonyl (C=O) groups excluding carboxylic acids is 1. The molecule has 0 fully saturated rings. The van der Waals surface area contributed by atoms with E-state index >= 15 is 0 Å². The summed E-state index contributed by atoms with van der Waals surface area (Å²) < 4.78 is 7.78. The van der Waals surface area contributed by atoms with E-state index in [9.17, 15) is 9.90 Å².